The SMILES string of the molecule is Cc1noc([C@H](C)NC(=O)C[C@H]2OCCc3ccccc32)n1. The number of hydrogen-bond donors (Lipinski definition) is 1. The van der Waals surface area contributed by atoms with Gasteiger partial charge in [0.05, 0.1) is 19.1 Å². The van der Waals surface area contributed by atoms with E-state index in [2.05, 4.69) is 21.5 Å². The topological polar surface area (TPSA) is 77.2 Å². The molecule has 6 heteroatoms. The highest BCUT2D eigenvalue weighted by Gasteiger charge is 2.24. The van der Waals surface area contributed by atoms with Crippen LogP contribution < -0.4 is 5.32 Å². The van der Waals surface area contributed by atoms with Crippen molar-refractivity contribution in [2.75, 3.05) is 6.61 Å². The molecule has 0 radical (unpaired) electrons. The van der Waals surface area contributed by atoms with Gasteiger partial charge in [0.2, 0.25) is 11.8 Å². The van der Waals surface area contributed by atoms with E-state index in [1.807, 2.05) is 25.1 Å². The average molecular weight is 301 g/mol. The molecule has 116 valence electrons. The number of benzene rings is 1. The zero-order chi connectivity index (χ0) is 15.5. The Morgan fingerprint density at radius 2 is 2.27 bits per heavy atom. The molecular weight excluding hydrogens is 282 g/mol. The number of carbonyl (C=O) groups is 1. The van der Waals surface area contributed by atoms with Gasteiger partial charge in [0.25, 0.3) is 0 Å². The third kappa shape index (κ3) is 3.17. The Balaban J connectivity index is 1.63. The lowest BCUT2D eigenvalue weighted by Crippen LogP contribution is -2.30. The summed E-state index contributed by atoms with van der Waals surface area (Å²) in [6.07, 6.45) is 0.988. The third-order valence-electron chi connectivity index (χ3n) is 3.75. The number of fused-ring (bicyclic) bond motifs is 1. The van der Waals surface area contributed by atoms with E-state index in [1.54, 1.807) is 6.92 Å². The van der Waals surface area contributed by atoms with Crippen LogP contribution in [0, 0.1) is 6.92 Å². The predicted molar refractivity (Wildman–Crippen MR) is 79.0 cm³/mol. The van der Waals surface area contributed by atoms with Crippen LogP contribution in [0.25, 0.3) is 0 Å². The number of carbonyl (C=O) groups excluding carboxylic acids is 1. The van der Waals surface area contributed by atoms with Gasteiger partial charge in [-0.3, -0.25) is 4.79 Å². The fourth-order valence-corrected chi connectivity index (χ4v) is 2.67. The van der Waals surface area contributed by atoms with Gasteiger partial charge in [0.15, 0.2) is 5.82 Å². The van der Waals surface area contributed by atoms with Gasteiger partial charge in [-0.1, -0.05) is 29.4 Å². The Morgan fingerprint density at radius 3 is 3.05 bits per heavy atom. The van der Waals surface area contributed by atoms with Gasteiger partial charge in [0, 0.05) is 0 Å². The number of amides is 1. The van der Waals surface area contributed by atoms with E-state index >= 15 is 0 Å². The van der Waals surface area contributed by atoms with E-state index in [9.17, 15) is 4.79 Å². The highest BCUT2D eigenvalue weighted by molar-refractivity contribution is 5.77. The summed E-state index contributed by atoms with van der Waals surface area (Å²) in [6.45, 7) is 4.21. The number of nitrogens with one attached hydrogen (secondary N) is 1. The van der Waals surface area contributed by atoms with Crippen molar-refractivity contribution in [3.8, 4) is 0 Å². The molecule has 0 saturated heterocycles. The van der Waals surface area contributed by atoms with Crippen molar-refractivity contribution in [1.29, 1.82) is 0 Å². The van der Waals surface area contributed by atoms with Crippen molar-refractivity contribution in [2.24, 2.45) is 0 Å². The number of aromatic nitrogens is 2. The molecule has 0 unspecified atom stereocenters. The van der Waals surface area contributed by atoms with E-state index < -0.39 is 0 Å². The number of rotatable bonds is 4. The maximum absolute atomic E-state index is 12.2. The molecule has 0 saturated carbocycles. The highest BCUT2D eigenvalue weighted by Crippen LogP contribution is 2.29. The zero-order valence-corrected chi connectivity index (χ0v) is 12.7. The van der Waals surface area contributed by atoms with Gasteiger partial charge < -0.3 is 14.6 Å². The van der Waals surface area contributed by atoms with Crippen molar-refractivity contribution in [2.45, 2.75) is 38.8 Å². The first-order chi connectivity index (χ1) is 10.6. The second-order valence-corrected chi connectivity index (χ2v) is 5.48. The largest absolute Gasteiger partial charge is 0.373 e. The summed E-state index contributed by atoms with van der Waals surface area (Å²) in [5.41, 5.74) is 2.36. The predicted octanol–water partition coefficient (Wildman–Crippen LogP) is 2.26. The van der Waals surface area contributed by atoms with Crippen LogP contribution in [0.5, 0.6) is 0 Å². The highest BCUT2D eigenvalue weighted by atomic mass is 16.5. The third-order valence-corrected chi connectivity index (χ3v) is 3.75. The molecule has 2 heterocycles. The lowest BCUT2D eigenvalue weighted by molar-refractivity contribution is -0.125. The van der Waals surface area contributed by atoms with Gasteiger partial charge in [-0.05, 0) is 31.4 Å². The van der Waals surface area contributed by atoms with Gasteiger partial charge in [0.1, 0.15) is 6.04 Å². The molecule has 3 rings (SSSR count). The first-order valence-corrected chi connectivity index (χ1v) is 7.42. The summed E-state index contributed by atoms with van der Waals surface area (Å²) < 4.78 is 10.8. The van der Waals surface area contributed by atoms with E-state index in [4.69, 9.17) is 9.26 Å². The van der Waals surface area contributed by atoms with Crippen LogP contribution >= 0.6 is 0 Å². The molecule has 22 heavy (non-hydrogen) atoms. The minimum absolute atomic E-state index is 0.0925. The molecule has 1 N–H and O–H groups in total. The molecule has 0 bridgehead atoms. The second kappa shape index (κ2) is 6.27. The smallest absolute Gasteiger partial charge is 0.248 e. The van der Waals surface area contributed by atoms with E-state index in [0.29, 0.717) is 18.3 Å². The van der Waals surface area contributed by atoms with Crippen molar-refractivity contribution in [3.63, 3.8) is 0 Å². The van der Waals surface area contributed by atoms with Crippen LogP contribution in [0.3, 0.4) is 0 Å². The summed E-state index contributed by atoms with van der Waals surface area (Å²) >= 11 is 0. The maximum atomic E-state index is 12.2. The Hall–Kier alpha value is -2.21. The van der Waals surface area contributed by atoms with Crippen LogP contribution in [-0.4, -0.2) is 22.7 Å². The first-order valence-electron chi connectivity index (χ1n) is 7.42. The monoisotopic (exact) mass is 301 g/mol. The van der Waals surface area contributed by atoms with Crippen molar-refractivity contribution < 1.29 is 14.1 Å². The van der Waals surface area contributed by atoms with Crippen molar-refractivity contribution >= 4 is 5.91 Å². The van der Waals surface area contributed by atoms with Gasteiger partial charge in [-0.25, -0.2) is 0 Å². The van der Waals surface area contributed by atoms with E-state index in [-0.39, 0.29) is 24.5 Å². The second-order valence-electron chi connectivity index (χ2n) is 5.48. The minimum Gasteiger partial charge on any atom is -0.373 e. The average Bonchev–Trinajstić information content (AvgIpc) is 2.94. The molecule has 1 amide bonds. The summed E-state index contributed by atoms with van der Waals surface area (Å²) in [7, 11) is 0. The molecule has 2 atom stereocenters. The Morgan fingerprint density at radius 1 is 1.45 bits per heavy atom. The first kappa shape index (κ1) is 14.7. The normalized spacial score (nSPS) is 18.5. The van der Waals surface area contributed by atoms with E-state index in [0.717, 1.165) is 12.0 Å². The van der Waals surface area contributed by atoms with Crippen LogP contribution in [-0.2, 0) is 16.0 Å². The van der Waals surface area contributed by atoms with Crippen molar-refractivity contribution in [1.82, 2.24) is 15.5 Å². The summed E-state index contributed by atoms with van der Waals surface area (Å²) in [6, 6.07) is 7.79. The molecule has 0 spiro atoms. The summed E-state index contributed by atoms with van der Waals surface area (Å²) in [4.78, 5) is 16.4. The number of aryl methyl sites for hydroxylation is 1. The van der Waals surface area contributed by atoms with Crippen molar-refractivity contribution in [3.05, 3.63) is 47.1 Å². The fourth-order valence-electron chi connectivity index (χ4n) is 2.67. The molecule has 6 nitrogen and oxygen atoms in total. The zero-order valence-electron chi connectivity index (χ0n) is 12.7. The van der Waals surface area contributed by atoms with Gasteiger partial charge in [-0.15, -0.1) is 0 Å². The van der Waals surface area contributed by atoms with Crippen LogP contribution in [0.15, 0.2) is 28.8 Å². The van der Waals surface area contributed by atoms with Gasteiger partial charge >= 0.3 is 0 Å². The minimum atomic E-state index is -0.312. The maximum Gasteiger partial charge on any atom is 0.248 e. The lowest BCUT2D eigenvalue weighted by atomic mass is 9.95. The number of hydrogen-bond acceptors (Lipinski definition) is 5. The molecule has 0 aliphatic carbocycles. The molecule has 2 aromatic rings. The molecule has 1 aromatic carbocycles. The molecule has 1 aliphatic heterocycles. The lowest BCUT2D eigenvalue weighted by Gasteiger charge is -2.26. The summed E-state index contributed by atoms with van der Waals surface area (Å²) in [5, 5.41) is 6.60. The fraction of sp³-hybridized carbons (Fsp3) is 0.438. The molecule has 0 fully saturated rings. The number of ether oxygens (including phenoxy) is 1. The molecule has 1 aromatic heterocycles. The van der Waals surface area contributed by atoms with Crippen LogP contribution in [0.2, 0.25) is 0 Å². The Labute approximate surface area is 128 Å². The van der Waals surface area contributed by atoms with Gasteiger partial charge in [-0.2, -0.15) is 4.98 Å². The standard InChI is InChI=1S/C16H19N3O3/c1-10(16-18-11(2)19-22-16)17-15(20)9-14-13-6-4-3-5-12(13)7-8-21-14/h3-6,10,14H,7-9H2,1-2H3,(H,17,20)/t10-,14+/m0/s1. The van der Waals surface area contributed by atoms with Crippen LogP contribution in [0.1, 0.15) is 48.3 Å². The molecule has 1 aliphatic rings. The number of nitrogens with zero attached hydrogens (tertiary/aromatic N) is 2. The quantitative estimate of drug-likeness (QED) is 0.937. The van der Waals surface area contributed by atoms with E-state index in [1.165, 1.54) is 5.56 Å². The Kier molecular flexibility index (Phi) is 4.20. The van der Waals surface area contributed by atoms with Crippen LogP contribution in [0.4, 0.5) is 0 Å². The summed E-state index contributed by atoms with van der Waals surface area (Å²) in [5.74, 6) is 0.876. The Bertz CT molecular complexity index is 668. The molecular formula is C16H19N3O3.